The Morgan fingerprint density at radius 2 is 1.58 bits per heavy atom. The average Bonchev–Trinajstić information content (AvgIpc) is 2.77. The normalized spacial score (nSPS) is 22.3. The summed E-state index contributed by atoms with van der Waals surface area (Å²) >= 11 is 2.95. The van der Waals surface area contributed by atoms with E-state index in [1.54, 1.807) is 0 Å². The van der Waals surface area contributed by atoms with Gasteiger partial charge in [0.05, 0.1) is 11.4 Å². The second-order valence-electron chi connectivity index (χ2n) is 2.57. The Morgan fingerprint density at radius 3 is 1.92 bits per heavy atom. The zero-order valence-corrected chi connectivity index (χ0v) is 8.08. The van der Waals surface area contributed by atoms with Crippen molar-refractivity contribution >= 4 is 41.1 Å². The van der Waals surface area contributed by atoms with E-state index in [0.29, 0.717) is 11.4 Å². The molecule has 0 spiro atoms. The summed E-state index contributed by atoms with van der Waals surface area (Å²) in [7, 11) is 0. The summed E-state index contributed by atoms with van der Waals surface area (Å²) in [6, 6.07) is 0. The molecule has 0 amide bonds. The van der Waals surface area contributed by atoms with Gasteiger partial charge in [0.25, 0.3) is 0 Å². The Morgan fingerprint density at radius 1 is 1.08 bits per heavy atom. The van der Waals surface area contributed by atoms with Gasteiger partial charge in [0, 0.05) is 24.3 Å². The fourth-order valence-corrected chi connectivity index (χ4v) is 2.51. The Kier molecular flexibility index (Phi) is 2.51. The maximum Gasteiger partial charge on any atom is 0.222 e. The summed E-state index contributed by atoms with van der Waals surface area (Å²) in [6.07, 6.45) is 1.63. The molecule has 64 valence electrons. The van der Waals surface area contributed by atoms with Gasteiger partial charge in [-0.2, -0.15) is 0 Å². The van der Waals surface area contributed by atoms with Crippen molar-refractivity contribution in [3.8, 4) is 0 Å². The lowest BCUT2D eigenvalue weighted by molar-refractivity contribution is -0.107. The summed E-state index contributed by atoms with van der Waals surface area (Å²) in [5.74, 6) is 1.97. The van der Waals surface area contributed by atoms with Gasteiger partial charge in [-0.1, -0.05) is 0 Å². The molecule has 12 heavy (non-hydrogen) atoms. The molecule has 0 radical (unpaired) electrons. The van der Waals surface area contributed by atoms with E-state index in [1.165, 1.54) is 23.9 Å². The van der Waals surface area contributed by atoms with Crippen molar-refractivity contribution in [3.05, 3.63) is 0 Å². The first-order chi connectivity index (χ1) is 5.88. The van der Waals surface area contributed by atoms with Crippen molar-refractivity contribution in [2.24, 2.45) is 8.80 Å². The van der Waals surface area contributed by atoms with Crippen LogP contribution in [-0.2, 0) is 4.79 Å². The summed E-state index contributed by atoms with van der Waals surface area (Å²) in [6.45, 7) is 0. The van der Waals surface area contributed by atoms with Crippen molar-refractivity contribution < 1.29 is 4.79 Å². The Bertz CT molecular complexity index is 247. The van der Waals surface area contributed by atoms with E-state index < -0.39 is 0 Å². The van der Waals surface area contributed by atoms with Gasteiger partial charge in [-0.15, -0.1) is 0 Å². The number of hydrogen-bond acceptors (Lipinski definition) is 5. The van der Waals surface area contributed by atoms with Crippen LogP contribution in [0.5, 0.6) is 0 Å². The number of hydrogen-bond donors (Lipinski definition) is 0. The van der Waals surface area contributed by atoms with Crippen molar-refractivity contribution in [2.75, 3.05) is 11.5 Å². The van der Waals surface area contributed by atoms with Crippen molar-refractivity contribution in [1.82, 2.24) is 0 Å². The minimum Gasteiger partial charge on any atom is -0.286 e. The van der Waals surface area contributed by atoms with Gasteiger partial charge in [-0.3, -0.25) is 4.79 Å². The predicted molar refractivity (Wildman–Crippen MR) is 54.0 cm³/mol. The van der Waals surface area contributed by atoms with E-state index in [0.717, 1.165) is 24.3 Å². The van der Waals surface area contributed by atoms with E-state index in [1.807, 2.05) is 0 Å². The van der Waals surface area contributed by atoms with Crippen molar-refractivity contribution in [1.29, 1.82) is 0 Å². The van der Waals surface area contributed by atoms with Crippen molar-refractivity contribution in [3.63, 3.8) is 0 Å². The third-order valence-electron chi connectivity index (χ3n) is 1.73. The second-order valence-corrected chi connectivity index (χ2v) is 4.27. The maximum absolute atomic E-state index is 11.6. The Hall–Kier alpha value is -0.290. The highest BCUT2D eigenvalue weighted by atomic mass is 32.2. The first-order valence-corrected chi connectivity index (χ1v) is 5.69. The highest BCUT2D eigenvalue weighted by Gasteiger charge is 2.23. The van der Waals surface area contributed by atoms with Crippen LogP contribution in [0.25, 0.3) is 0 Å². The molecule has 2 rings (SSSR count). The molecule has 2 aliphatic heterocycles. The van der Waals surface area contributed by atoms with Crippen molar-refractivity contribution in [2.45, 2.75) is 12.8 Å². The van der Waals surface area contributed by atoms with Crippen LogP contribution in [0.4, 0.5) is 0 Å². The smallest absolute Gasteiger partial charge is 0.222 e. The molecule has 2 heterocycles. The first kappa shape index (κ1) is 8.31. The molecule has 0 aromatic rings. The fraction of sp³-hybridized carbons (Fsp3) is 0.571. The third-order valence-corrected chi connectivity index (χ3v) is 3.21. The quantitative estimate of drug-likeness (QED) is 0.635. The van der Waals surface area contributed by atoms with Gasteiger partial charge in [-0.25, -0.2) is 8.80 Å². The molecule has 0 aromatic heterocycles. The zero-order valence-electron chi connectivity index (χ0n) is 6.45. The highest BCUT2D eigenvalue weighted by Crippen LogP contribution is 2.20. The van der Waals surface area contributed by atoms with Crippen LogP contribution < -0.4 is 0 Å². The summed E-state index contributed by atoms with van der Waals surface area (Å²) in [5, 5.41) is 0. The molecule has 0 saturated heterocycles. The van der Waals surface area contributed by atoms with Crippen LogP contribution in [0.2, 0.25) is 0 Å². The summed E-state index contributed by atoms with van der Waals surface area (Å²) in [5.41, 5.74) is 1.42. The summed E-state index contributed by atoms with van der Waals surface area (Å²) in [4.78, 5) is 11.6. The molecular weight excluding hydrogens is 192 g/mol. The lowest BCUT2D eigenvalue weighted by Crippen LogP contribution is -2.21. The van der Waals surface area contributed by atoms with E-state index in [4.69, 9.17) is 0 Å². The number of Topliss-reactive ketones (excluding diaryl/α,β-unsaturated/α-hetero) is 1. The monoisotopic (exact) mass is 200 g/mol. The van der Waals surface area contributed by atoms with Gasteiger partial charge in [0.1, 0.15) is 0 Å². The molecule has 0 N–H and O–H groups in total. The Labute approximate surface area is 79.4 Å². The largest absolute Gasteiger partial charge is 0.286 e. The second kappa shape index (κ2) is 3.62. The molecule has 0 atom stereocenters. The first-order valence-electron chi connectivity index (χ1n) is 3.80. The molecule has 0 fully saturated rings. The van der Waals surface area contributed by atoms with Crippen LogP contribution in [-0.4, -0.2) is 28.7 Å². The van der Waals surface area contributed by atoms with Crippen LogP contribution in [0.1, 0.15) is 12.8 Å². The van der Waals surface area contributed by atoms with E-state index in [9.17, 15) is 4.79 Å². The van der Waals surface area contributed by atoms with E-state index in [-0.39, 0.29) is 5.78 Å². The fourth-order valence-electron chi connectivity index (χ4n) is 1.10. The Balaban J connectivity index is 2.08. The SMILES string of the molecule is O=C(C1=NSCC1)C1=NSCC1. The van der Waals surface area contributed by atoms with Gasteiger partial charge in [-0.05, 0) is 23.9 Å². The lowest BCUT2D eigenvalue weighted by atomic mass is 10.1. The average molecular weight is 200 g/mol. The molecule has 3 nitrogen and oxygen atoms in total. The van der Waals surface area contributed by atoms with E-state index in [2.05, 4.69) is 8.80 Å². The number of nitrogens with zero attached hydrogens (tertiary/aromatic N) is 2. The highest BCUT2D eigenvalue weighted by molar-refractivity contribution is 7.99. The van der Waals surface area contributed by atoms with Gasteiger partial charge in [0.2, 0.25) is 5.78 Å². The molecule has 0 unspecified atom stereocenters. The maximum atomic E-state index is 11.6. The number of carbonyl (C=O) groups excluding carboxylic acids is 1. The summed E-state index contributed by atoms with van der Waals surface area (Å²) < 4.78 is 8.15. The number of rotatable bonds is 2. The van der Waals surface area contributed by atoms with Crippen LogP contribution in [0.15, 0.2) is 8.80 Å². The van der Waals surface area contributed by atoms with Gasteiger partial charge < -0.3 is 0 Å². The minimum atomic E-state index is 0.0741. The van der Waals surface area contributed by atoms with Crippen LogP contribution >= 0.6 is 23.9 Å². The lowest BCUT2D eigenvalue weighted by Gasteiger charge is -1.95. The number of carbonyl (C=O) groups is 1. The van der Waals surface area contributed by atoms with Gasteiger partial charge in [0.15, 0.2) is 0 Å². The minimum absolute atomic E-state index is 0.0741. The topological polar surface area (TPSA) is 41.8 Å². The molecule has 0 bridgehead atoms. The van der Waals surface area contributed by atoms with E-state index >= 15 is 0 Å². The standard InChI is InChI=1S/C7H8N2OS2/c10-7(5-1-3-11-8-5)6-2-4-12-9-6/h1-4H2. The zero-order chi connectivity index (χ0) is 8.39. The van der Waals surface area contributed by atoms with Gasteiger partial charge >= 0.3 is 0 Å². The molecule has 0 saturated carbocycles. The number of ketones is 1. The molecule has 0 aromatic carbocycles. The molecular formula is C7H8N2OS2. The predicted octanol–water partition coefficient (Wildman–Crippen LogP) is 1.54. The van der Waals surface area contributed by atoms with Crippen LogP contribution in [0, 0.1) is 0 Å². The van der Waals surface area contributed by atoms with Crippen LogP contribution in [0.3, 0.4) is 0 Å². The molecule has 0 aliphatic carbocycles. The molecule has 2 aliphatic rings. The molecule has 5 heteroatoms. The third kappa shape index (κ3) is 1.56.